The zero-order valence-electron chi connectivity index (χ0n) is 12.5. The van der Waals surface area contributed by atoms with Crippen LogP contribution in [0.1, 0.15) is 45.0 Å². The van der Waals surface area contributed by atoms with Gasteiger partial charge in [-0.05, 0) is 42.3 Å². The Morgan fingerprint density at radius 2 is 2.19 bits per heavy atom. The van der Waals surface area contributed by atoms with Crippen LogP contribution >= 0.6 is 15.9 Å². The van der Waals surface area contributed by atoms with E-state index in [2.05, 4.69) is 31.4 Å². The van der Waals surface area contributed by atoms with Crippen LogP contribution in [0.3, 0.4) is 0 Å². The average molecular weight is 354 g/mol. The molecule has 0 aliphatic rings. The van der Waals surface area contributed by atoms with Gasteiger partial charge in [0.2, 0.25) is 5.91 Å². The van der Waals surface area contributed by atoms with Gasteiger partial charge in [-0.3, -0.25) is 14.2 Å². The topological polar surface area (TPSA) is 64.7 Å². The van der Waals surface area contributed by atoms with Crippen LogP contribution in [-0.2, 0) is 11.3 Å². The highest BCUT2D eigenvalue weighted by molar-refractivity contribution is 9.10. The molecule has 0 bridgehead atoms. The molecule has 0 spiro atoms. The normalized spacial score (nSPS) is 13.9. The molecule has 0 saturated heterocycles. The molecule has 6 nitrogen and oxygen atoms in total. The quantitative estimate of drug-likeness (QED) is 0.868. The number of hydrogen-bond acceptors (Lipinski definition) is 3. The fourth-order valence-electron chi connectivity index (χ4n) is 2.34. The molecule has 1 amide bonds. The predicted octanol–water partition coefficient (Wildman–Crippen LogP) is 2.69. The fraction of sp³-hybridized carbons (Fsp3) is 0.500. The average Bonchev–Trinajstić information content (AvgIpc) is 3.08. The number of rotatable bonds is 6. The molecular weight excluding hydrogens is 334 g/mol. The second kappa shape index (κ2) is 6.89. The summed E-state index contributed by atoms with van der Waals surface area (Å²) in [5, 5.41) is 11.5. The predicted molar refractivity (Wildman–Crippen MR) is 83.7 cm³/mol. The molecule has 114 valence electrons. The maximum atomic E-state index is 12.5. The largest absolute Gasteiger partial charge is 0.346 e. The van der Waals surface area contributed by atoms with Crippen molar-refractivity contribution in [2.45, 2.75) is 45.8 Å². The van der Waals surface area contributed by atoms with Crippen molar-refractivity contribution in [3.8, 4) is 0 Å². The highest BCUT2D eigenvalue weighted by atomic mass is 79.9. The summed E-state index contributed by atoms with van der Waals surface area (Å²) in [7, 11) is 0. The van der Waals surface area contributed by atoms with Crippen molar-refractivity contribution in [2.75, 3.05) is 0 Å². The molecule has 0 saturated carbocycles. The molecular formula is C14H20BrN5O. The van der Waals surface area contributed by atoms with Crippen molar-refractivity contribution >= 4 is 21.8 Å². The van der Waals surface area contributed by atoms with E-state index < -0.39 is 0 Å². The first-order chi connectivity index (χ1) is 10.1. The minimum Gasteiger partial charge on any atom is -0.346 e. The van der Waals surface area contributed by atoms with Crippen molar-refractivity contribution in [1.82, 2.24) is 24.9 Å². The van der Waals surface area contributed by atoms with Crippen LogP contribution in [0.25, 0.3) is 0 Å². The summed E-state index contributed by atoms with van der Waals surface area (Å²) in [4.78, 5) is 12.5. The van der Waals surface area contributed by atoms with Gasteiger partial charge in [-0.25, -0.2) is 0 Å². The van der Waals surface area contributed by atoms with Gasteiger partial charge in [0.25, 0.3) is 0 Å². The van der Waals surface area contributed by atoms with Crippen molar-refractivity contribution in [2.24, 2.45) is 0 Å². The third-order valence-electron chi connectivity index (χ3n) is 3.43. The number of nitrogens with zero attached hydrogens (tertiary/aromatic N) is 4. The van der Waals surface area contributed by atoms with E-state index in [4.69, 9.17) is 0 Å². The lowest BCUT2D eigenvalue weighted by atomic mass is 10.1. The molecule has 0 aromatic carbocycles. The number of carbonyl (C=O) groups excluding carboxylic acids is 1. The highest BCUT2D eigenvalue weighted by Crippen LogP contribution is 2.18. The SMILES string of the molecule is CCC(C(=O)NC(C)c1ccnn1CC)n1cc(Br)cn1. The first-order valence-corrected chi connectivity index (χ1v) is 7.87. The summed E-state index contributed by atoms with van der Waals surface area (Å²) >= 11 is 3.35. The third-order valence-corrected chi connectivity index (χ3v) is 3.84. The maximum Gasteiger partial charge on any atom is 0.245 e. The van der Waals surface area contributed by atoms with Gasteiger partial charge in [0, 0.05) is 18.9 Å². The molecule has 0 aliphatic carbocycles. The molecule has 2 aromatic rings. The number of hydrogen-bond donors (Lipinski definition) is 1. The van der Waals surface area contributed by atoms with E-state index in [1.165, 1.54) is 0 Å². The van der Waals surface area contributed by atoms with E-state index in [1.54, 1.807) is 17.1 Å². The maximum absolute atomic E-state index is 12.5. The zero-order valence-corrected chi connectivity index (χ0v) is 14.0. The number of aromatic nitrogens is 4. The van der Waals surface area contributed by atoms with E-state index in [0.717, 1.165) is 16.7 Å². The van der Waals surface area contributed by atoms with Crippen molar-refractivity contribution in [3.05, 3.63) is 34.8 Å². The molecule has 0 fully saturated rings. The first-order valence-electron chi connectivity index (χ1n) is 7.08. The molecule has 21 heavy (non-hydrogen) atoms. The zero-order chi connectivity index (χ0) is 15.4. The first kappa shape index (κ1) is 15.8. The van der Waals surface area contributed by atoms with Crippen LogP contribution in [-0.4, -0.2) is 25.5 Å². The van der Waals surface area contributed by atoms with E-state index in [1.807, 2.05) is 37.7 Å². The summed E-state index contributed by atoms with van der Waals surface area (Å²) in [6.07, 6.45) is 5.93. The van der Waals surface area contributed by atoms with E-state index >= 15 is 0 Å². The van der Waals surface area contributed by atoms with Gasteiger partial charge in [-0.1, -0.05) is 6.92 Å². The summed E-state index contributed by atoms with van der Waals surface area (Å²) in [6, 6.07) is 1.53. The lowest BCUT2D eigenvalue weighted by Crippen LogP contribution is -2.35. The molecule has 7 heteroatoms. The number of amides is 1. The number of aryl methyl sites for hydroxylation is 1. The van der Waals surface area contributed by atoms with Crippen molar-refractivity contribution in [3.63, 3.8) is 0 Å². The molecule has 2 heterocycles. The second-order valence-corrected chi connectivity index (χ2v) is 5.78. The van der Waals surface area contributed by atoms with Gasteiger partial charge in [-0.2, -0.15) is 10.2 Å². The van der Waals surface area contributed by atoms with Gasteiger partial charge in [-0.15, -0.1) is 0 Å². The molecule has 1 N–H and O–H groups in total. The summed E-state index contributed by atoms with van der Waals surface area (Å²) < 4.78 is 4.44. The summed E-state index contributed by atoms with van der Waals surface area (Å²) in [5.41, 5.74) is 1.00. The highest BCUT2D eigenvalue weighted by Gasteiger charge is 2.22. The molecule has 2 aromatic heterocycles. The second-order valence-electron chi connectivity index (χ2n) is 4.86. The lowest BCUT2D eigenvalue weighted by molar-refractivity contribution is -0.125. The van der Waals surface area contributed by atoms with Crippen LogP contribution in [0.2, 0.25) is 0 Å². The van der Waals surface area contributed by atoms with Gasteiger partial charge < -0.3 is 5.32 Å². The standard InChI is InChI=1S/C14H20BrN5O/c1-4-12(20-9-11(15)8-17-20)14(21)18-10(3)13-6-7-16-19(13)5-2/h6-10,12H,4-5H2,1-3H3,(H,18,21). The minimum absolute atomic E-state index is 0.0375. The molecule has 2 rings (SSSR count). The van der Waals surface area contributed by atoms with E-state index in [-0.39, 0.29) is 18.0 Å². The van der Waals surface area contributed by atoms with Gasteiger partial charge >= 0.3 is 0 Å². The minimum atomic E-state index is -0.309. The summed E-state index contributed by atoms with van der Waals surface area (Å²) in [5.74, 6) is -0.0375. The van der Waals surface area contributed by atoms with Gasteiger partial charge in [0.1, 0.15) is 6.04 Å². The Bertz CT molecular complexity index is 606. The Morgan fingerprint density at radius 3 is 2.76 bits per heavy atom. The molecule has 2 unspecified atom stereocenters. The number of carbonyl (C=O) groups is 1. The third kappa shape index (κ3) is 3.53. The smallest absolute Gasteiger partial charge is 0.245 e. The van der Waals surface area contributed by atoms with Gasteiger partial charge in [0.05, 0.1) is 22.4 Å². The van der Waals surface area contributed by atoms with Crippen molar-refractivity contribution in [1.29, 1.82) is 0 Å². The number of nitrogens with one attached hydrogen (secondary N) is 1. The van der Waals surface area contributed by atoms with Gasteiger partial charge in [0.15, 0.2) is 0 Å². The lowest BCUT2D eigenvalue weighted by Gasteiger charge is -2.20. The van der Waals surface area contributed by atoms with Crippen LogP contribution in [0.15, 0.2) is 29.1 Å². The Balaban J connectivity index is 2.09. The Hall–Kier alpha value is -1.63. The Labute approximate surface area is 132 Å². The van der Waals surface area contributed by atoms with Crippen LogP contribution in [0.4, 0.5) is 0 Å². The molecule has 0 aliphatic heterocycles. The van der Waals surface area contributed by atoms with Crippen LogP contribution in [0, 0.1) is 0 Å². The Kier molecular flexibility index (Phi) is 5.17. The molecule has 0 radical (unpaired) electrons. The van der Waals surface area contributed by atoms with Crippen molar-refractivity contribution < 1.29 is 4.79 Å². The van der Waals surface area contributed by atoms with E-state index in [9.17, 15) is 4.79 Å². The van der Waals surface area contributed by atoms with Crippen LogP contribution in [0.5, 0.6) is 0 Å². The Morgan fingerprint density at radius 1 is 1.43 bits per heavy atom. The monoisotopic (exact) mass is 353 g/mol. The summed E-state index contributed by atoms with van der Waals surface area (Å²) in [6.45, 7) is 6.75. The number of halogens is 1. The van der Waals surface area contributed by atoms with Crippen LogP contribution < -0.4 is 5.32 Å². The van der Waals surface area contributed by atoms with E-state index in [0.29, 0.717) is 6.42 Å². The molecule has 2 atom stereocenters. The fourth-order valence-corrected chi connectivity index (χ4v) is 2.64.